The third-order valence-electron chi connectivity index (χ3n) is 21.9. The fourth-order valence-electron chi connectivity index (χ4n) is 14.6. The Hall–Kier alpha value is -11.5. The van der Waals surface area contributed by atoms with Crippen molar-refractivity contribution in [2.75, 3.05) is 300 Å². The van der Waals surface area contributed by atoms with Gasteiger partial charge in [0.15, 0.2) is 40.2 Å². The standard InChI is InChI=1S/C104H143N7O33/c1-119-31-37-125-43-49-131-55-61-137-88-69-78(70-89(138-62-56-132-50-44-126-38-32-120-2)98(88)141-65-59-135-53-47-129-41-35-123-5)75-143-83-67-77(68-84(73-83)144-76-79-71-90(139-63-57-133-51-45-127-39-33-121-3)99(142-66-60-136-54-48-130-42-36-124-6)91(72-79)140-64-58-134-52-46-128-40-34-122-4)74-111-103(118)104(22-10-28-108-100(115)85-19-16-80-13-7-25-105-92(80)95(85)112,23-11-29-109-101(116)86-20-17-81-14-8-26-106-93(81)96(86)113)24-12-30-110-102(117)87-21-18-82-15-9-27-107-94(82)97(87)114/h7-9,13-21,25-27,67-73,112-114H,10-12,22-24,28-66,74-76H2,1-6H3,(H,108,115)(H,109,116)(H,110,117)(H,111,118). The first-order valence-electron chi connectivity index (χ1n) is 48.4. The Morgan fingerprint density at radius 2 is 0.528 bits per heavy atom. The van der Waals surface area contributed by atoms with E-state index in [1.165, 1.54) is 36.8 Å². The minimum atomic E-state index is -1.36. The molecular weight excluding hydrogens is 1880 g/mol. The van der Waals surface area contributed by atoms with E-state index in [0.717, 1.165) is 0 Å². The number of phenols is 3. The van der Waals surface area contributed by atoms with E-state index in [1.807, 2.05) is 0 Å². The smallest absolute Gasteiger partial charge is 0.255 e. The molecule has 40 nitrogen and oxygen atoms in total. The van der Waals surface area contributed by atoms with Crippen molar-refractivity contribution in [2.24, 2.45) is 5.41 Å². The molecule has 0 spiro atoms. The number of carbonyl (C=O) groups excluding carboxylic acids is 4. The fourth-order valence-corrected chi connectivity index (χ4v) is 14.6. The lowest BCUT2D eigenvalue weighted by molar-refractivity contribution is -0.132. The predicted octanol–water partition coefficient (Wildman–Crippen LogP) is 10.2. The molecule has 0 aliphatic heterocycles. The maximum Gasteiger partial charge on any atom is 0.255 e. The lowest BCUT2D eigenvalue weighted by atomic mass is 9.74. The van der Waals surface area contributed by atoms with Gasteiger partial charge in [-0.25, -0.2) is 0 Å². The number of hydrogen-bond donors (Lipinski definition) is 7. The highest BCUT2D eigenvalue weighted by atomic mass is 16.6. The Morgan fingerprint density at radius 1 is 0.278 bits per heavy atom. The van der Waals surface area contributed by atoms with E-state index in [4.69, 9.17) is 123 Å². The van der Waals surface area contributed by atoms with Crippen LogP contribution >= 0.6 is 0 Å². The van der Waals surface area contributed by atoms with Gasteiger partial charge in [0.05, 0.1) is 215 Å². The number of phenolic OH excluding ortho intramolecular Hbond substituents is 3. The summed E-state index contributed by atoms with van der Waals surface area (Å²) < 4.78 is 153. The van der Waals surface area contributed by atoms with Crippen LogP contribution in [0.25, 0.3) is 32.7 Å². The molecule has 0 aliphatic carbocycles. The van der Waals surface area contributed by atoms with Gasteiger partial charge in [-0.05, 0) is 128 Å². The minimum absolute atomic E-state index is 0.0121. The van der Waals surface area contributed by atoms with Gasteiger partial charge in [-0.2, -0.15) is 0 Å². The number of rotatable bonds is 84. The van der Waals surface area contributed by atoms with Gasteiger partial charge < -0.3 is 160 Å². The summed E-state index contributed by atoms with van der Waals surface area (Å²) in [5, 5.41) is 48.2. The summed E-state index contributed by atoms with van der Waals surface area (Å²) in [6.45, 7) is 9.67. The average Bonchev–Trinajstić information content (AvgIpc) is 0.770. The van der Waals surface area contributed by atoms with Crippen LogP contribution in [0, 0.1) is 5.41 Å². The van der Waals surface area contributed by atoms with Crippen molar-refractivity contribution < 1.29 is 158 Å². The third kappa shape index (κ3) is 42.3. The molecule has 9 aromatic rings. The van der Waals surface area contributed by atoms with Gasteiger partial charge in [0, 0.05) is 115 Å². The maximum atomic E-state index is 16.3. The number of amides is 4. The van der Waals surface area contributed by atoms with Crippen molar-refractivity contribution in [3.63, 3.8) is 0 Å². The van der Waals surface area contributed by atoms with E-state index in [2.05, 4.69) is 36.2 Å². The van der Waals surface area contributed by atoms with Crippen molar-refractivity contribution in [3.8, 4) is 63.2 Å². The molecule has 0 atom stereocenters. The van der Waals surface area contributed by atoms with Crippen LogP contribution in [0.1, 0.15) is 86.3 Å². The van der Waals surface area contributed by atoms with Crippen LogP contribution in [0.5, 0.6) is 63.2 Å². The molecule has 7 N–H and O–H groups in total. The van der Waals surface area contributed by atoms with Crippen LogP contribution in [0.15, 0.2) is 134 Å². The zero-order valence-electron chi connectivity index (χ0n) is 83.6. The highest BCUT2D eigenvalue weighted by Gasteiger charge is 2.38. The Labute approximate surface area is 840 Å². The molecule has 0 unspecified atom stereocenters. The Kier molecular flexibility index (Phi) is 56.7. The summed E-state index contributed by atoms with van der Waals surface area (Å²) in [6.07, 6.45) is 5.46. The van der Waals surface area contributed by atoms with Gasteiger partial charge in [0.1, 0.15) is 80.9 Å². The van der Waals surface area contributed by atoms with Gasteiger partial charge in [-0.3, -0.25) is 34.1 Å². The molecule has 9 rings (SSSR count). The summed E-state index contributed by atoms with van der Waals surface area (Å²) in [4.78, 5) is 71.7. The topological polar surface area (TPSA) is 456 Å². The fraction of sp³-hybridized carbons (Fsp3) is 0.529. The molecule has 4 amide bonds. The van der Waals surface area contributed by atoms with Crippen LogP contribution in [0.4, 0.5) is 0 Å². The Morgan fingerprint density at radius 3 is 0.792 bits per heavy atom. The second-order valence-corrected chi connectivity index (χ2v) is 32.3. The first-order valence-corrected chi connectivity index (χ1v) is 48.4. The highest BCUT2D eigenvalue weighted by molar-refractivity contribution is 6.04. The summed E-state index contributed by atoms with van der Waals surface area (Å²) in [5.74, 6) is -0.934. The van der Waals surface area contributed by atoms with E-state index in [9.17, 15) is 29.7 Å². The van der Waals surface area contributed by atoms with Gasteiger partial charge in [0.2, 0.25) is 17.4 Å². The molecule has 3 heterocycles. The molecule has 144 heavy (non-hydrogen) atoms. The van der Waals surface area contributed by atoms with Gasteiger partial charge >= 0.3 is 0 Å². The van der Waals surface area contributed by atoms with Gasteiger partial charge in [-0.15, -0.1) is 0 Å². The van der Waals surface area contributed by atoms with E-state index >= 15 is 4.79 Å². The van der Waals surface area contributed by atoms with Crippen LogP contribution < -0.4 is 59.2 Å². The summed E-state index contributed by atoms with van der Waals surface area (Å²) in [6, 6.07) is 32.4. The maximum absolute atomic E-state index is 16.3. The van der Waals surface area contributed by atoms with Crippen molar-refractivity contribution in [1.29, 1.82) is 0 Å². The zero-order chi connectivity index (χ0) is 102. The molecule has 40 heteroatoms. The van der Waals surface area contributed by atoms with E-state index < -0.39 is 29.0 Å². The van der Waals surface area contributed by atoms with Gasteiger partial charge in [0.25, 0.3) is 17.7 Å². The average molecular weight is 2020 g/mol. The first-order chi connectivity index (χ1) is 70.7. The number of pyridine rings is 3. The molecule has 0 fully saturated rings. The molecule has 0 saturated heterocycles. The Bertz CT molecular complexity index is 4680. The van der Waals surface area contributed by atoms with Crippen molar-refractivity contribution in [2.45, 2.75) is 58.3 Å². The number of fused-ring (bicyclic) bond motifs is 3. The highest BCUT2D eigenvalue weighted by Crippen LogP contribution is 2.43. The molecular formula is C104H143N7O33. The van der Waals surface area contributed by atoms with Gasteiger partial charge in [-0.1, -0.05) is 36.4 Å². The molecule has 792 valence electrons. The second kappa shape index (κ2) is 70.3. The SMILES string of the molecule is COCCOCCOCCOc1cc(COc2cc(CNC(=O)C(CCCNC(=O)c3ccc4cccnc4c3O)(CCCNC(=O)c3ccc4cccnc4c3O)CCCNC(=O)c3ccc4cccnc4c3O)cc(OCc3cc(OCCOCCOCCOC)c(OCCOCCOCCOC)c(OCCOCCOCCOC)c3)c2)cc(OCCOCCOCCOC)c1OCCOCCOCCOC. The first kappa shape index (κ1) is 116. The number of aromatic hydroxyl groups is 3. The second-order valence-electron chi connectivity index (χ2n) is 32.3. The van der Waals surface area contributed by atoms with Crippen LogP contribution in [0.3, 0.4) is 0 Å². The molecule has 3 aromatic heterocycles. The lowest BCUT2D eigenvalue weighted by Gasteiger charge is -2.33. The number of hydrogen-bond acceptors (Lipinski definition) is 36. The number of nitrogens with one attached hydrogen (secondary N) is 4. The monoisotopic (exact) mass is 2020 g/mol. The van der Waals surface area contributed by atoms with Crippen LogP contribution in [0.2, 0.25) is 0 Å². The van der Waals surface area contributed by atoms with Crippen LogP contribution in [-0.2, 0) is 110 Å². The van der Waals surface area contributed by atoms with Crippen molar-refractivity contribution in [3.05, 3.63) is 167 Å². The number of methoxy groups -OCH3 is 6. The normalized spacial score (nSPS) is 11.5. The van der Waals surface area contributed by atoms with E-state index in [0.29, 0.717) is 152 Å². The van der Waals surface area contributed by atoms with E-state index in [1.54, 1.807) is 140 Å². The quantitative estimate of drug-likeness (QED) is 0.0174. The summed E-state index contributed by atoms with van der Waals surface area (Å²) >= 11 is 0. The minimum Gasteiger partial charge on any atom is -0.505 e. The van der Waals surface area contributed by atoms with Crippen LogP contribution in [-0.4, -0.2) is 354 Å². The summed E-state index contributed by atoms with van der Waals surface area (Å²) in [7, 11) is 9.59. The molecule has 6 aromatic carbocycles. The number of nitrogens with zero attached hydrogens (tertiary/aromatic N) is 3. The molecule has 0 radical (unpaired) electrons. The largest absolute Gasteiger partial charge is 0.505 e. The van der Waals surface area contributed by atoms with Crippen molar-refractivity contribution >= 4 is 56.3 Å². The number of benzene rings is 6. The van der Waals surface area contributed by atoms with Crippen molar-refractivity contribution in [1.82, 2.24) is 36.2 Å². The lowest BCUT2D eigenvalue weighted by Crippen LogP contribution is -2.42. The number of carbonyl (C=O) groups is 4. The van der Waals surface area contributed by atoms with E-state index in [-0.39, 0.29) is 293 Å². The number of ether oxygens (including phenoxy) is 26. The third-order valence-corrected chi connectivity index (χ3v) is 21.9. The molecule has 0 bridgehead atoms. The Balaban J connectivity index is 1.10. The number of aromatic nitrogens is 3. The zero-order valence-corrected chi connectivity index (χ0v) is 83.6. The molecule has 0 saturated carbocycles. The summed E-state index contributed by atoms with van der Waals surface area (Å²) in [5.41, 5.74) is 0.904. The molecule has 0 aliphatic rings. The predicted molar refractivity (Wildman–Crippen MR) is 531 cm³/mol.